The molecule has 8 nitrogen and oxygen atoms in total. The molecule has 0 radical (unpaired) electrons. The van der Waals surface area contributed by atoms with Gasteiger partial charge in [-0.25, -0.2) is 13.4 Å². The van der Waals surface area contributed by atoms with Crippen LogP contribution in [0.4, 0.5) is 5.69 Å². The first-order valence-corrected chi connectivity index (χ1v) is 12.1. The molecule has 2 aromatic carbocycles. The summed E-state index contributed by atoms with van der Waals surface area (Å²) in [7, 11) is -3.75. The average molecular weight is 460 g/mol. The summed E-state index contributed by atoms with van der Waals surface area (Å²) < 4.78 is 32.4. The molecule has 0 unspecified atom stereocenters. The molecule has 1 aromatic heterocycles. The van der Waals surface area contributed by atoms with Crippen molar-refractivity contribution in [2.75, 3.05) is 13.1 Å². The number of ether oxygens (including phenoxy) is 1. The molecule has 2 heterocycles. The summed E-state index contributed by atoms with van der Waals surface area (Å²) in [5.74, 6) is 0.00950. The van der Waals surface area contributed by atoms with Gasteiger partial charge in [-0.3, -0.25) is 10.1 Å². The standard InChI is InChI=1S/C21H21N3O5S2/c1-15-4-6-16(7-5-15)21-22-17(14-30-21)13-29-20-9-8-18(12-19(20)24(25)26)31(27,28)23-10-2-3-11-23/h4-9,12,14H,2-3,10-11,13H2,1H3. The maximum Gasteiger partial charge on any atom is 0.312 e. The van der Waals surface area contributed by atoms with Crippen molar-refractivity contribution in [1.29, 1.82) is 0 Å². The highest BCUT2D eigenvalue weighted by molar-refractivity contribution is 7.89. The third-order valence-electron chi connectivity index (χ3n) is 5.06. The van der Waals surface area contributed by atoms with Crippen LogP contribution in [-0.4, -0.2) is 35.7 Å². The Morgan fingerprint density at radius 1 is 1.16 bits per heavy atom. The zero-order valence-corrected chi connectivity index (χ0v) is 18.5. The molecule has 31 heavy (non-hydrogen) atoms. The Hall–Kier alpha value is -2.82. The minimum absolute atomic E-state index is 0.00950. The van der Waals surface area contributed by atoms with E-state index in [1.165, 1.54) is 27.8 Å². The van der Waals surface area contributed by atoms with Crippen molar-refractivity contribution in [3.8, 4) is 16.3 Å². The highest BCUT2D eigenvalue weighted by atomic mass is 32.2. The molecule has 4 rings (SSSR count). The van der Waals surface area contributed by atoms with Crippen molar-refractivity contribution in [3.63, 3.8) is 0 Å². The fourth-order valence-corrected chi connectivity index (χ4v) is 5.70. The van der Waals surface area contributed by atoms with Crippen LogP contribution in [0.2, 0.25) is 0 Å². The quantitative estimate of drug-likeness (QED) is 0.383. The van der Waals surface area contributed by atoms with E-state index < -0.39 is 14.9 Å². The molecule has 0 saturated carbocycles. The molecule has 1 aliphatic heterocycles. The summed E-state index contributed by atoms with van der Waals surface area (Å²) in [6, 6.07) is 11.8. The van der Waals surface area contributed by atoms with Crippen molar-refractivity contribution in [1.82, 2.24) is 9.29 Å². The van der Waals surface area contributed by atoms with Crippen molar-refractivity contribution in [2.45, 2.75) is 31.3 Å². The van der Waals surface area contributed by atoms with Crippen LogP contribution in [0.15, 0.2) is 52.7 Å². The van der Waals surface area contributed by atoms with E-state index in [0.717, 1.165) is 35.0 Å². The number of rotatable bonds is 7. The number of nitrogens with zero attached hydrogens (tertiary/aromatic N) is 3. The van der Waals surface area contributed by atoms with E-state index in [1.807, 2.05) is 36.6 Å². The smallest absolute Gasteiger partial charge is 0.312 e. The van der Waals surface area contributed by atoms with Crippen LogP contribution in [0.25, 0.3) is 10.6 Å². The van der Waals surface area contributed by atoms with Crippen LogP contribution in [0.3, 0.4) is 0 Å². The first kappa shape index (κ1) is 21.4. The van der Waals surface area contributed by atoms with Gasteiger partial charge in [-0.1, -0.05) is 29.8 Å². The van der Waals surface area contributed by atoms with Crippen LogP contribution < -0.4 is 4.74 Å². The summed E-state index contributed by atoms with van der Waals surface area (Å²) in [6.45, 7) is 2.92. The lowest BCUT2D eigenvalue weighted by Crippen LogP contribution is -2.27. The first-order chi connectivity index (χ1) is 14.8. The van der Waals surface area contributed by atoms with Gasteiger partial charge in [-0.2, -0.15) is 4.31 Å². The summed E-state index contributed by atoms with van der Waals surface area (Å²) in [4.78, 5) is 15.4. The fourth-order valence-electron chi connectivity index (χ4n) is 3.35. The molecule has 0 amide bonds. The van der Waals surface area contributed by atoms with Gasteiger partial charge in [0.25, 0.3) is 0 Å². The normalized spacial score (nSPS) is 14.6. The summed E-state index contributed by atoms with van der Waals surface area (Å²) in [5, 5.41) is 14.2. The van der Waals surface area contributed by atoms with E-state index in [-0.39, 0.29) is 22.9 Å². The molecular formula is C21H21N3O5S2. The van der Waals surface area contributed by atoms with Gasteiger partial charge in [0, 0.05) is 30.1 Å². The Bertz CT molecular complexity index is 1200. The number of nitro benzene ring substituents is 1. The molecule has 0 N–H and O–H groups in total. The molecule has 3 aromatic rings. The van der Waals surface area contributed by atoms with Crippen molar-refractivity contribution in [3.05, 3.63) is 69.2 Å². The van der Waals surface area contributed by atoms with E-state index in [9.17, 15) is 18.5 Å². The van der Waals surface area contributed by atoms with Gasteiger partial charge in [-0.05, 0) is 31.9 Å². The highest BCUT2D eigenvalue weighted by Crippen LogP contribution is 2.33. The number of aromatic nitrogens is 1. The van der Waals surface area contributed by atoms with Crippen molar-refractivity contribution in [2.24, 2.45) is 0 Å². The first-order valence-electron chi connectivity index (χ1n) is 9.77. The van der Waals surface area contributed by atoms with E-state index in [0.29, 0.717) is 18.8 Å². The third kappa shape index (κ3) is 4.60. The lowest BCUT2D eigenvalue weighted by molar-refractivity contribution is -0.386. The predicted molar refractivity (Wildman–Crippen MR) is 118 cm³/mol. The molecule has 1 saturated heterocycles. The van der Waals surface area contributed by atoms with Gasteiger partial charge >= 0.3 is 5.69 Å². The van der Waals surface area contributed by atoms with Gasteiger partial charge < -0.3 is 4.74 Å². The van der Waals surface area contributed by atoms with Crippen LogP contribution in [0.1, 0.15) is 24.1 Å². The Labute approximate surface area is 184 Å². The molecule has 0 aliphatic carbocycles. The van der Waals surface area contributed by atoms with Crippen LogP contribution in [0.5, 0.6) is 5.75 Å². The number of nitro groups is 1. The molecule has 1 aliphatic rings. The molecule has 162 valence electrons. The summed E-state index contributed by atoms with van der Waals surface area (Å²) in [5.41, 5.74) is 2.41. The molecule has 0 spiro atoms. The predicted octanol–water partition coefficient (Wildman–Crippen LogP) is 4.39. The molecule has 1 fully saturated rings. The van der Waals surface area contributed by atoms with Crippen molar-refractivity contribution >= 4 is 27.0 Å². The second kappa shape index (κ2) is 8.74. The lowest BCUT2D eigenvalue weighted by atomic mass is 10.2. The largest absolute Gasteiger partial charge is 0.480 e. The van der Waals surface area contributed by atoms with Crippen LogP contribution in [-0.2, 0) is 16.6 Å². The topological polar surface area (TPSA) is 103 Å². The number of benzene rings is 2. The highest BCUT2D eigenvalue weighted by Gasteiger charge is 2.29. The summed E-state index contributed by atoms with van der Waals surface area (Å²) >= 11 is 1.46. The molecule has 10 heteroatoms. The zero-order chi connectivity index (χ0) is 22.0. The summed E-state index contributed by atoms with van der Waals surface area (Å²) in [6.07, 6.45) is 1.58. The number of aryl methyl sites for hydroxylation is 1. The molecular weight excluding hydrogens is 438 g/mol. The Kier molecular flexibility index (Phi) is 6.03. The average Bonchev–Trinajstić information content (AvgIpc) is 3.45. The fraction of sp³-hybridized carbons (Fsp3) is 0.286. The number of sulfonamides is 1. The molecule has 0 bridgehead atoms. The minimum Gasteiger partial charge on any atom is -0.480 e. The third-order valence-corrected chi connectivity index (χ3v) is 7.89. The van der Waals surface area contributed by atoms with Gasteiger partial charge in [0.1, 0.15) is 11.6 Å². The van der Waals surface area contributed by atoms with E-state index in [2.05, 4.69) is 4.98 Å². The second-order valence-corrected chi connectivity index (χ2v) is 10.1. The SMILES string of the molecule is Cc1ccc(-c2nc(COc3ccc(S(=O)(=O)N4CCCC4)cc3[N+](=O)[O-])cs2)cc1. The molecule has 0 atom stereocenters. The zero-order valence-electron chi connectivity index (χ0n) is 16.9. The van der Waals surface area contributed by atoms with E-state index >= 15 is 0 Å². The Morgan fingerprint density at radius 3 is 2.55 bits per heavy atom. The lowest BCUT2D eigenvalue weighted by Gasteiger charge is -2.15. The maximum atomic E-state index is 12.7. The Balaban J connectivity index is 1.52. The van der Waals surface area contributed by atoms with Gasteiger partial charge in [-0.15, -0.1) is 11.3 Å². The number of hydrogen-bond acceptors (Lipinski definition) is 7. The Morgan fingerprint density at radius 2 is 1.87 bits per heavy atom. The second-order valence-electron chi connectivity index (χ2n) is 7.30. The van der Waals surface area contributed by atoms with Crippen LogP contribution in [0, 0.1) is 17.0 Å². The van der Waals surface area contributed by atoms with Gasteiger partial charge in [0.2, 0.25) is 10.0 Å². The van der Waals surface area contributed by atoms with Crippen LogP contribution >= 0.6 is 11.3 Å². The van der Waals surface area contributed by atoms with Gasteiger partial charge in [0.05, 0.1) is 15.5 Å². The monoisotopic (exact) mass is 459 g/mol. The maximum absolute atomic E-state index is 12.7. The van der Waals surface area contributed by atoms with E-state index in [1.54, 1.807) is 0 Å². The number of hydrogen-bond donors (Lipinski definition) is 0. The van der Waals surface area contributed by atoms with E-state index in [4.69, 9.17) is 4.74 Å². The van der Waals surface area contributed by atoms with Crippen molar-refractivity contribution < 1.29 is 18.1 Å². The minimum atomic E-state index is -3.75. The van der Waals surface area contributed by atoms with Gasteiger partial charge in [0.15, 0.2) is 5.75 Å². The number of thiazole rings is 1.